The molecule has 6 heteroatoms. The topological polar surface area (TPSA) is 83.9 Å². The summed E-state index contributed by atoms with van der Waals surface area (Å²) in [6.45, 7) is 0. The van der Waals surface area contributed by atoms with Crippen LogP contribution in [0.3, 0.4) is 0 Å². The molecule has 11 heavy (non-hydrogen) atoms. The van der Waals surface area contributed by atoms with Gasteiger partial charge in [0, 0.05) is 12.8 Å². The minimum atomic E-state index is -1.34. The van der Waals surface area contributed by atoms with Crippen LogP contribution >= 0.6 is 0 Å². The Bertz CT molecular complexity index is 207. The van der Waals surface area contributed by atoms with Crippen molar-refractivity contribution in [3.05, 3.63) is 0 Å². The summed E-state index contributed by atoms with van der Waals surface area (Å²) < 4.78 is 0. The van der Waals surface area contributed by atoms with Crippen LogP contribution in [0.4, 0.5) is 4.79 Å². The predicted molar refractivity (Wildman–Crippen MR) is 30.2 cm³/mol. The number of likely N-dealkylation sites (tertiary alicyclic amines) is 1. The first-order valence-electron chi connectivity index (χ1n) is 2.88. The van der Waals surface area contributed by atoms with Gasteiger partial charge in [0.1, 0.15) is 0 Å². The summed E-state index contributed by atoms with van der Waals surface area (Å²) in [5, 5.41) is 7.84. The van der Waals surface area contributed by atoms with Gasteiger partial charge in [-0.2, -0.15) is 10.2 Å². The van der Waals surface area contributed by atoms with Crippen molar-refractivity contribution in [2.45, 2.75) is 12.8 Å². The molecular weight excluding hydrogens is 154 g/mol. The third kappa shape index (κ3) is 1.20. The summed E-state index contributed by atoms with van der Waals surface area (Å²) in [7, 11) is 0. The SMILES string of the molecule is O=C1CCC(=O)N1C(=O)OO. The molecule has 0 bridgehead atoms. The van der Waals surface area contributed by atoms with Gasteiger partial charge >= 0.3 is 6.09 Å². The minimum Gasteiger partial charge on any atom is -0.277 e. The van der Waals surface area contributed by atoms with Crippen LogP contribution in [0.1, 0.15) is 12.8 Å². The molecule has 0 aromatic heterocycles. The lowest BCUT2D eigenvalue weighted by Crippen LogP contribution is -2.35. The van der Waals surface area contributed by atoms with Gasteiger partial charge in [-0.25, -0.2) is 4.79 Å². The fraction of sp³-hybridized carbons (Fsp3) is 0.400. The Morgan fingerprint density at radius 3 is 2.18 bits per heavy atom. The first kappa shape index (κ1) is 7.67. The second kappa shape index (κ2) is 2.67. The number of imide groups is 3. The molecule has 1 N–H and O–H groups in total. The van der Waals surface area contributed by atoms with Crippen molar-refractivity contribution in [3.8, 4) is 0 Å². The van der Waals surface area contributed by atoms with Crippen molar-refractivity contribution in [2.75, 3.05) is 0 Å². The lowest BCUT2D eigenvalue weighted by atomic mass is 10.4. The van der Waals surface area contributed by atoms with Gasteiger partial charge in [0.05, 0.1) is 0 Å². The highest BCUT2D eigenvalue weighted by Crippen LogP contribution is 2.12. The predicted octanol–water partition coefficient (Wildman–Crippen LogP) is -0.255. The van der Waals surface area contributed by atoms with Gasteiger partial charge in [0.15, 0.2) is 0 Å². The van der Waals surface area contributed by atoms with Crippen molar-refractivity contribution in [1.29, 1.82) is 0 Å². The molecule has 0 spiro atoms. The molecule has 0 atom stereocenters. The van der Waals surface area contributed by atoms with Crippen molar-refractivity contribution < 1.29 is 24.5 Å². The molecule has 3 amide bonds. The monoisotopic (exact) mass is 159 g/mol. The quantitative estimate of drug-likeness (QED) is 0.299. The van der Waals surface area contributed by atoms with Crippen molar-refractivity contribution in [2.24, 2.45) is 0 Å². The zero-order valence-electron chi connectivity index (χ0n) is 5.44. The third-order valence-electron chi connectivity index (χ3n) is 1.31. The molecule has 0 aliphatic carbocycles. The molecule has 1 rings (SSSR count). The van der Waals surface area contributed by atoms with Crippen LogP contribution in [0.5, 0.6) is 0 Å². The molecule has 0 aromatic rings. The number of carbonyl (C=O) groups is 3. The van der Waals surface area contributed by atoms with E-state index >= 15 is 0 Å². The van der Waals surface area contributed by atoms with Crippen LogP contribution in [-0.2, 0) is 14.5 Å². The van der Waals surface area contributed by atoms with E-state index in [0.717, 1.165) is 0 Å². The number of hydrogen-bond acceptors (Lipinski definition) is 5. The van der Waals surface area contributed by atoms with E-state index in [9.17, 15) is 14.4 Å². The highest BCUT2D eigenvalue weighted by molar-refractivity contribution is 6.13. The van der Waals surface area contributed by atoms with E-state index in [2.05, 4.69) is 4.89 Å². The van der Waals surface area contributed by atoms with E-state index in [1.54, 1.807) is 0 Å². The molecule has 6 nitrogen and oxygen atoms in total. The Labute approximate surface area is 61.3 Å². The second-order valence-electron chi connectivity index (χ2n) is 1.98. The highest BCUT2D eigenvalue weighted by Gasteiger charge is 2.35. The molecule has 0 aromatic carbocycles. The normalized spacial score (nSPS) is 17.4. The first-order chi connectivity index (χ1) is 5.16. The molecular formula is C5H5NO5. The average Bonchev–Trinajstić information content (AvgIpc) is 2.30. The summed E-state index contributed by atoms with van der Waals surface area (Å²) in [6.07, 6.45) is -1.35. The van der Waals surface area contributed by atoms with Gasteiger partial charge in [-0.15, -0.1) is 0 Å². The molecule has 0 saturated carbocycles. The van der Waals surface area contributed by atoms with Gasteiger partial charge in [0.25, 0.3) is 0 Å². The Hall–Kier alpha value is -1.43. The lowest BCUT2D eigenvalue weighted by molar-refractivity contribution is -0.189. The van der Waals surface area contributed by atoms with E-state index in [-0.39, 0.29) is 17.7 Å². The summed E-state index contributed by atoms with van der Waals surface area (Å²) >= 11 is 0. The largest absolute Gasteiger partial charge is 0.454 e. The van der Waals surface area contributed by atoms with E-state index in [4.69, 9.17) is 5.26 Å². The van der Waals surface area contributed by atoms with Crippen molar-refractivity contribution >= 4 is 17.9 Å². The van der Waals surface area contributed by atoms with Gasteiger partial charge in [-0.1, -0.05) is 0 Å². The molecule has 60 valence electrons. The molecule has 1 aliphatic heterocycles. The molecule has 0 unspecified atom stereocenters. The number of carbonyl (C=O) groups excluding carboxylic acids is 3. The first-order valence-corrected chi connectivity index (χ1v) is 2.88. The van der Waals surface area contributed by atoms with E-state index in [1.165, 1.54) is 0 Å². The standard InChI is InChI=1S/C5H5NO5/c7-3-1-2-4(8)6(3)5(9)11-10/h10H,1-2H2. The van der Waals surface area contributed by atoms with E-state index in [0.29, 0.717) is 0 Å². The molecule has 1 aliphatic rings. The van der Waals surface area contributed by atoms with Crippen LogP contribution in [-0.4, -0.2) is 28.1 Å². The molecule has 1 fully saturated rings. The Morgan fingerprint density at radius 1 is 1.36 bits per heavy atom. The zero-order valence-corrected chi connectivity index (χ0v) is 5.44. The van der Waals surface area contributed by atoms with E-state index in [1.807, 2.05) is 0 Å². The smallest absolute Gasteiger partial charge is 0.277 e. The number of rotatable bonds is 0. The fourth-order valence-corrected chi connectivity index (χ4v) is 0.821. The van der Waals surface area contributed by atoms with Crippen LogP contribution in [0.2, 0.25) is 0 Å². The van der Waals surface area contributed by atoms with Crippen molar-refractivity contribution in [1.82, 2.24) is 4.90 Å². The van der Waals surface area contributed by atoms with Gasteiger partial charge in [-0.05, 0) is 0 Å². The maximum atomic E-state index is 10.7. The fourth-order valence-electron chi connectivity index (χ4n) is 0.821. The summed E-state index contributed by atoms with van der Waals surface area (Å²) in [6, 6.07) is 0. The van der Waals surface area contributed by atoms with Crippen molar-refractivity contribution in [3.63, 3.8) is 0 Å². The Balaban J connectivity index is 2.76. The minimum absolute atomic E-state index is 0.00602. The van der Waals surface area contributed by atoms with Crippen LogP contribution < -0.4 is 0 Å². The average molecular weight is 159 g/mol. The summed E-state index contributed by atoms with van der Waals surface area (Å²) in [5.74, 6) is -1.29. The van der Waals surface area contributed by atoms with Gasteiger partial charge in [-0.3, -0.25) is 14.5 Å². The Kier molecular flexibility index (Phi) is 1.86. The van der Waals surface area contributed by atoms with E-state index < -0.39 is 17.9 Å². The zero-order chi connectivity index (χ0) is 8.43. The Morgan fingerprint density at radius 2 is 1.82 bits per heavy atom. The molecule has 1 heterocycles. The summed E-state index contributed by atoms with van der Waals surface area (Å²) in [4.78, 5) is 35.3. The number of amides is 3. The number of nitrogens with zero attached hydrogens (tertiary/aromatic N) is 1. The van der Waals surface area contributed by atoms with Gasteiger partial charge < -0.3 is 0 Å². The highest BCUT2D eigenvalue weighted by atomic mass is 17.1. The van der Waals surface area contributed by atoms with Crippen LogP contribution in [0, 0.1) is 0 Å². The van der Waals surface area contributed by atoms with Crippen LogP contribution in [0.15, 0.2) is 0 Å². The number of hydrogen-bond donors (Lipinski definition) is 1. The van der Waals surface area contributed by atoms with Gasteiger partial charge in [0.2, 0.25) is 11.8 Å². The molecule has 1 saturated heterocycles. The lowest BCUT2D eigenvalue weighted by Gasteiger charge is -2.06. The third-order valence-corrected chi connectivity index (χ3v) is 1.31. The maximum Gasteiger partial charge on any atom is 0.454 e. The molecule has 0 radical (unpaired) electrons. The van der Waals surface area contributed by atoms with Crippen LogP contribution in [0.25, 0.3) is 0 Å². The maximum absolute atomic E-state index is 10.7. The summed E-state index contributed by atoms with van der Waals surface area (Å²) in [5.41, 5.74) is 0. The second-order valence-corrected chi connectivity index (χ2v) is 1.98.